The van der Waals surface area contributed by atoms with Crippen LogP contribution in [0.1, 0.15) is 29.3 Å². The van der Waals surface area contributed by atoms with E-state index in [2.05, 4.69) is 0 Å². The lowest BCUT2D eigenvalue weighted by molar-refractivity contribution is 0.0901. The monoisotopic (exact) mass is 178 g/mol. The number of aliphatic hydroxyl groups excluding tert-OH is 1. The normalized spacial score (nSPS) is 12.5. The van der Waals surface area contributed by atoms with Gasteiger partial charge >= 0.3 is 0 Å². The zero-order chi connectivity index (χ0) is 9.84. The van der Waals surface area contributed by atoms with Crippen molar-refractivity contribution in [3.8, 4) is 0 Å². The SMILES string of the molecule is Cc1cccc(C(=O)CC(C)O)c1. The van der Waals surface area contributed by atoms with Gasteiger partial charge in [-0.05, 0) is 19.9 Å². The molecule has 2 nitrogen and oxygen atoms in total. The van der Waals surface area contributed by atoms with Crippen LogP contribution in [-0.2, 0) is 0 Å². The lowest BCUT2D eigenvalue weighted by atomic mass is 10.0. The predicted molar refractivity (Wildman–Crippen MR) is 51.8 cm³/mol. The van der Waals surface area contributed by atoms with E-state index in [-0.39, 0.29) is 12.2 Å². The molecule has 0 saturated heterocycles. The predicted octanol–water partition coefficient (Wildman–Crippen LogP) is 1.95. The maximum absolute atomic E-state index is 11.4. The summed E-state index contributed by atoms with van der Waals surface area (Å²) in [6.07, 6.45) is -0.364. The minimum absolute atomic E-state index is 0.00120. The van der Waals surface area contributed by atoms with Crippen LogP contribution in [0.2, 0.25) is 0 Å². The fraction of sp³-hybridized carbons (Fsp3) is 0.364. The average Bonchev–Trinajstić information content (AvgIpc) is 2.03. The number of aryl methyl sites for hydroxylation is 1. The van der Waals surface area contributed by atoms with E-state index in [1.54, 1.807) is 13.0 Å². The first-order chi connectivity index (χ1) is 6.09. The molecule has 0 amide bonds. The Hall–Kier alpha value is -1.15. The van der Waals surface area contributed by atoms with Gasteiger partial charge in [0, 0.05) is 12.0 Å². The smallest absolute Gasteiger partial charge is 0.165 e. The molecule has 13 heavy (non-hydrogen) atoms. The molecule has 0 aliphatic rings. The minimum Gasteiger partial charge on any atom is -0.393 e. The van der Waals surface area contributed by atoms with Crippen LogP contribution in [0.3, 0.4) is 0 Å². The molecule has 0 aromatic heterocycles. The number of hydrogen-bond donors (Lipinski definition) is 1. The van der Waals surface area contributed by atoms with Crippen LogP contribution >= 0.6 is 0 Å². The first-order valence-corrected chi connectivity index (χ1v) is 4.37. The highest BCUT2D eigenvalue weighted by molar-refractivity contribution is 5.96. The van der Waals surface area contributed by atoms with Gasteiger partial charge in [0.2, 0.25) is 0 Å². The molecule has 70 valence electrons. The standard InChI is InChI=1S/C11H14O2/c1-8-4-3-5-10(6-8)11(13)7-9(2)12/h3-6,9,12H,7H2,1-2H3. The lowest BCUT2D eigenvalue weighted by Crippen LogP contribution is -2.09. The third-order valence-corrected chi connectivity index (χ3v) is 1.82. The molecule has 1 N–H and O–H groups in total. The van der Waals surface area contributed by atoms with Crippen molar-refractivity contribution < 1.29 is 9.90 Å². The van der Waals surface area contributed by atoms with Crippen LogP contribution in [0.5, 0.6) is 0 Å². The summed E-state index contributed by atoms with van der Waals surface area (Å²) in [6, 6.07) is 7.41. The van der Waals surface area contributed by atoms with Crippen molar-refractivity contribution in [2.45, 2.75) is 26.4 Å². The Morgan fingerprint density at radius 2 is 2.23 bits per heavy atom. The van der Waals surface area contributed by atoms with Gasteiger partial charge in [-0.2, -0.15) is 0 Å². The molecule has 1 rings (SSSR count). The molecular formula is C11H14O2. The van der Waals surface area contributed by atoms with E-state index in [1.165, 1.54) is 0 Å². The number of carbonyl (C=O) groups is 1. The number of benzene rings is 1. The van der Waals surface area contributed by atoms with Crippen LogP contribution in [0.4, 0.5) is 0 Å². The van der Waals surface area contributed by atoms with E-state index < -0.39 is 6.10 Å². The number of hydrogen-bond acceptors (Lipinski definition) is 2. The van der Waals surface area contributed by atoms with Crippen molar-refractivity contribution in [1.29, 1.82) is 0 Å². The second-order valence-corrected chi connectivity index (χ2v) is 3.35. The zero-order valence-corrected chi connectivity index (χ0v) is 7.95. The largest absolute Gasteiger partial charge is 0.393 e. The van der Waals surface area contributed by atoms with Gasteiger partial charge in [-0.1, -0.05) is 23.8 Å². The summed E-state index contributed by atoms with van der Waals surface area (Å²) < 4.78 is 0. The van der Waals surface area contributed by atoms with Gasteiger partial charge in [-0.15, -0.1) is 0 Å². The second-order valence-electron chi connectivity index (χ2n) is 3.35. The summed E-state index contributed by atoms with van der Waals surface area (Å²) in [4.78, 5) is 11.4. The zero-order valence-electron chi connectivity index (χ0n) is 7.95. The Bertz CT molecular complexity index is 303. The van der Waals surface area contributed by atoms with Crippen LogP contribution in [-0.4, -0.2) is 17.0 Å². The lowest BCUT2D eigenvalue weighted by Gasteiger charge is -2.03. The Morgan fingerprint density at radius 3 is 2.77 bits per heavy atom. The number of rotatable bonds is 3. The molecule has 1 atom stereocenters. The molecule has 0 bridgehead atoms. The third-order valence-electron chi connectivity index (χ3n) is 1.82. The Balaban J connectivity index is 2.77. The second kappa shape index (κ2) is 4.19. The molecule has 0 heterocycles. The highest BCUT2D eigenvalue weighted by atomic mass is 16.3. The molecule has 1 unspecified atom stereocenters. The fourth-order valence-corrected chi connectivity index (χ4v) is 1.20. The van der Waals surface area contributed by atoms with E-state index in [0.717, 1.165) is 5.56 Å². The molecule has 0 aliphatic carbocycles. The molecule has 1 aromatic rings. The summed E-state index contributed by atoms with van der Waals surface area (Å²) in [7, 11) is 0. The van der Waals surface area contributed by atoms with E-state index >= 15 is 0 Å². The van der Waals surface area contributed by atoms with Crippen molar-refractivity contribution >= 4 is 5.78 Å². The van der Waals surface area contributed by atoms with Gasteiger partial charge in [-0.25, -0.2) is 0 Å². The van der Waals surface area contributed by atoms with Crippen molar-refractivity contribution in [2.24, 2.45) is 0 Å². The quantitative estimate of drug-likeness (QED) is 0.718. The molecule has 0 fully saturated rings. The van der Waals surface area contributed by atoms with Gasteiger partial charge in [0.15, 0.2) is 5.78 Å². The van der Waals surface area contributed by atoms with E-state index in [0.29, 0.717) is 5.56 Å². The van der Waals surface area contributed by atoms with Gasteiger partial charge in [-0.3, -0.25) is 4.79 Å². The molecule has 1 aromatic carbocycles. The average molecular weight is 178 g/mol. The van der Waals surface area contributed by atoms with Crippen LogP contribution in [0.25, 0.3) is 0 Å². The van der Waals surface area contributed by atoms with Crippen molar-refractivity contribution in [3.05, 3.63) is 35.4 Å². The van der Waals surface area contributed by atoms with Gasteiger partial charge in [0.1, 0.15) is 0 Å². The summed E-state index contributed by atoms with van der Waals surface area (Å²) in [5.74, 6) is -0.00120. The number of carbonyl (C=O) groups excluding carboxylic acids is 1. The number of ketones is 1. The van der Waals surface area contributed by atoms with Crippen LogP contribution in [0, 0.1) is 6.92 Å². The summed E-state index contributed by atoms with van der Waals surface area (Å²) in [5.41, 5.74) is 1.75. The minimum atomic E-state index is -0.562. The van der Waals surface area contributed by atoms with Gasteiger partial charge in [0.25, 0.3) is 0 Å². The molecule has 0 aliphatic heterocycles. The van der Waals surface area contributed by atoms with Gasteiger partial charge in [0.05, 0.1) is 6.10 Å². The first-order valence-electron chi connectivity index (χ1n) is 4.37. The Morgan fingerprint density at radius 1 is 1.54 bits per heavy atom. The van der Waals surface area contributed by atoms with E-state index in [4.69, 9.17) is 5.11 Å². The van der Waals surface area contributed by atoms with Gasteiger partial charge < -0.3 is 5.11 Å². The van der Waals surface area contributed by atoms with Crippen molar-refractivity contribution in [1.82, 2.24) is 0 Å². The Labute approximate surface area is 78.2 Å². The summed E-state index contributed by atoms with van der Waals surface area (Å²) in [6.45, 7) is 3.56. The number of Topliss-reactive ketones (excluding diaryl/α,β-unsaturated/α-hetero) is 1. The molecular weight excluding hydrogens is 164 g/mol. The third kappa shape index (κ3) is 2.99. The van der Waals surface area contributed by atoms with E-state index in [9.17, 15) is 4.79 Å². The highest BCUT2D eigenvalue weighted by Crippen LogP contribution is 2.08. The van der Waals surface area contributed by atoms with Crippen molar-refractivity contribution in [2.75, 3.05) is 0 Å². The topological polar surface area (TPSA) is 37.3 Å². The highest BCUT2D eigenvalue weighted by Gasteiger charge is 2.08. The fourth-order valence-electron chi connectivity index (χ4n) is 1.20. The Kier molecular flexibility index (Phi) is 3.20. The molecule has 2 heteroatoms. The summed E-state index contributed by atoms with van der Waals surface area (Å²) >= 11 is 0. The summed E-state index contributed by atoms with van der Waals surface area (Å²) in [5, 5.41) is 9.03. The molecule has 0 saturated carbocycles. The van der Waals surface area contributed by atoms with Crippen molar-refractivity contribution in [3.63, 3.8) is 0 Å². The van der Waals surface area contributed by atoms with Crippen LogP contribution < -0.4 is 0 Å². The van der Waals surface area contributed by atoms with Crippen LogP contribution in [0.15, 0.2) is 24.3 Å². The van der Waals surface area contributed by atoms with E-state index in [1.807, 2.05) is 25.1 Å². The molecule has 0 spiro atoms. The first kappa shape index (κ1) is 9.93. The maximum atomic E-state index is 11.4. The maximum Gasteiger partial charge on any atom is 0.165 e. The molecule has 0 radical (unpaired) electrons. The number of aliphatic hydroxyl groups is 1.